The molecule has 1 saturated heterocycles. The molecule has 10 nitrogen and oxygen atoms in total. The minimum atomic E-state index is -1.06. The predicted molar refractivity (Wildman–Crippen MR) is 104 cm³/mol. The molecule has 0 saturated carbocycles. The van der Waals surface area contributed by atoms with Gasteiger partial charge >= 0.3 is 0 Å². The maximum absolute atomic E-state index is 12.9. The lowest BCUT2D eigenvalue weighted by atomic mass is 10.0. The average molecular weight is 417 g/mol. The number of benzene rings is 1. The molecule has 0 radical (unpaired) electrons. The van der Waals surface area contributed by atoms with Crippen LogP contribution in [0.3, 0.4) is 0 Å². The van der Waals surface area contributed by atoms with E-state index in [1.807, 2.05) is 6.92 Å². The van der Waals surface area contributed by atoms with Gasteiger partial charge in [-0.05, 0) is 25.0 Å². The van der Waals surface area contributed by atoms with Crippen LogP contribution in [0.25, 0.3) is 0 Å². The molecular weight excluding hydrogens is 394 g/mol. The van der Waals surface area contributed by atoms with Gasteiger partial charge in [-0.3, -0.25) is 34.2 Å². The van der Waals surface area contributed by atoms with E-state index >= 15 is 0 Å². The van der Waals surface area contributed by atoms with E-state index in [0.717, 1.165) is 11.3 Å². The Morgan fingerprint density at radius 2 is 1.90 bits per heavy atom. The van der Waals surface area contributed by atoms with Crippen molar-refractivity contribution in [1.82, 2.24) is 10.2 Å². The van der Waals surface area contributed by atoms with Crippen molar-refractivity contribution in [3.63, 3.8) is 0 Å². The van der Waals surface area contributed by atoms with Gasteiger partial charge in [-0.1, -0.05) is 13.0 Å². The zero-order chi connectivity index (χ0) is 21.7. The fourth-order valence-electron chi connectivity index (χ4n) is 3.33. The molecule has 30 heavy (non-hydrogen) atoms. The standard InChI is InChI=1S/C20H23N3O7/c1-2-8-29-9-10-30-11-16(25)21-13-5-3-4-12-17(13)20(28)23(19(12)27)14-6-7-15(24)22-18(14)26/h3-5,14H,2,6-11H2,1H3,(H,21,25)(H,22,24,26). The lowest BCUT2D eigenvalue weighted by molar-refractivity contribution is -0.136. The largest absolute Gasteiger partial charge is 0.379 e. The van der Waals surface area contributed by atoms with Gasteiger partial charge in [0.2, 0.25) is 17.7 Å². The summed E-state index contributed by atoms with van der Waals surface area (Å²) < 4.78 is 10.5. The van der Waals surface area contributed by atoms with E-state index in [2.05, 4.69) is 10.6 Å². The van der Waals surface area contributed by atoms with Crippen molar-refractivity contribution in [3.05, 3.63) is 29.3 Å². The first-order chi connectivity index (χ1) is 14.4. The van der Waals surface area contributed by atoms with Gasteiger partial charge in [0.15, 0.2) is 0 Å². The first kappa shape index (κ1) is 21.6. The van der Waals surface area contributed by atoms with Crippen LogP contribution in [-0.2, 0) is 23.9 Å². The Bertz CT molecular complexity index is 883. The van der Waals surface area contributed by atoms with Crippen LogP contribution >= 0.6 is 0 Å². The average Bonchev–Trinajstić information content (AvgIpc) is 2.96. The summed E-state index contributed by atoms with van der Waals surface area (Å²) >= 11 is 0. The monoisotopic (exact) mass is 417 g/mol. The number of piperidine rings is 1. The quantitative estimate of drug-likeness (QED) is 0.441. The molecule has 2 aliphatic heterocycles. The number of ether oxygens (including phenoxy) is 2. The SMILES string of the molecule is CCCOCCOCC(=O)Nc1cccc2c1C(=O)N(C1CCC(=O)NC1=O)C2=O. The van der Waals surface area contributed by atoms with Gasteiger partial charge < -0.3 is 14.8 Å². The summed E-state index contributed by atoms with van der Waals surface area (Å²) in [5.74, 6) is -2.94. The minimum Gasteiger partial charge on any atom is -0.379 e. The number of imide groups is 2. The highest BCUT2D eigenvalue weighted by Crippen LogP contribution is 2.32. The predicted octanol–water partition coefficient (Wildman–Crippen LogP) is 0.470. The fraction of sp³-hybridized carbons (Fsp3) is 0.450. The molecule has 2 N–H and O–H groups in total. The van der Waals surface area contributed by atoms with Crippen LogP contribution in [0.5, 0.6) is 0 Å². The molecule has 1 aromatic carbocycles. The topological polar surface area (TPSA) is 131 Å². The highest BCUT2D eigenvalue weighted by molar-refractivity contribution is 6.26. The molecule has 5 amide bonds. The third-order valence-electron chi connectivity index (χ3n) is 4.70. The van der Waals surface area contributed by atoms with Gasteiger partial charge in [-0.25, -0.2) is 0 Å². The Labute approximate surface area is 172 Å². The molecule has 1 fully saturated rings. The minimum absolute atomic E-state index is 0.0202. The Hall–Kier alpha value is -3.11. The highest BCUT2D eigenvalue weighted by Gasteiger charge is 2.45. The van der Waals surface area contributed by atoms with E-state index in [4.69, 9.17) is 9.47 Å². The van der Waals surface area contributed by atoms with Crippen LogP contribution in [0.2, 0.25) is 0 Å². The summed E-state index contributed by atoms with van der Waals surface area (Å²) in [5, 5.41) is 4.72. The molecule has 1 atom stereocenters. The van der Waals surface area contributed by atoms with E-state index in [0.29, 0.717) is 13.2 Å². The van der Waals surface area contributed by atoms with Gasteiger partial charge in [-0.15, -0.1) is 0 Å². The van der Waals surface area contributed by atoms with Crippen molar-refractivity contribution in [2.45, 2.75) is 32.2 Å². The number of nitrogens with one attached hydrogen (secondary N) is 2. The van der Waals surface area contributed by atoms with Crippen molar-refractivity contribution < 1.29 is 33.4 Å². The number of amides is 5. The number of carbonyl (C=O) groups is 5. The number of fused-ring (bicyclic) bond motifs is 1. The summed E-state index contributed by atoms with van der Waals surface area (Å²) in [7, 11) is 0. The third kappa shape index (κ3) is 4.55. The number of hydrogen-bond donors (Lipinski definition) is 2. The van der Waals surface area contributed by atoms with Crippen LogP contribution in [0.15, 0.2) is 18.2 Å². The lowest BCUT2D eigenvalue weighted by Gasteiger charge is -2.27. The second-order valence-corrected chi connectivity index (χ2v) is 6.89. The number of nitrogens with zero attached hydrogens (tertiary/aromatic N) is 1. The maximum Gasteiger partial charge on any atom is 0.264 e. The highest BCUT2D eigenvalue weighted by atomic mass is 16.5. The van der Waals surface area contributed by atoms with Gasteiger partial charge in [0.1, 0.15) is 12.6 Å². The second kappa shape index (κ2) is 9.59. The van der Waals surface area contributed by atoms with Gasteiger partial charge in [0.25, 0.3) is 11.8 Å². The summed E-state index contributed by atoms with van der Waals surface area (Å²) in [6.45, 7) is 2.99. The molecule has 0 aromatic heterocycles. The molecule has 0 spiro atoms. The van der Waals surface area contributed by atoms with Crippen molar-refractivity contribution in [1.29, 1.82) is 0 Å². The van der Waals surface area contributed by atoms with Crippen molar-refractivity contribution >= 4 is 35.2 Å². The zero-order valence-corrected chi connectivity index (χ0v) is 16.6. The Morgan fingerprint density at radius 1 is 1.13 bits per heavy atom. The van der Waals surface area contributed by atoms with Crippen molar-refractivity contribution in [3.8, 4) is 0 Å². The van der Waals surface area contributed by atoms with Crippen LogP contribution in [0, 0.1) is 0 Å². The maximum atomic E-state index is 12.9. The molecule has 1 unspecified atom stereocenters. The molecular formula is C20H23N3O7. The molecule has 0 aliphatic carbocycles. The number of hydrogen-bond acceptors (Lipinski definition) is 7. The molecule has 2 heterocycles. The molecule has 160 valence electrons. The van der Waals surface area contributed by atoms with Crippen molar-refractivity contribution in [2.24, 2.45) is 0 Å². The lowest BCUT2D eigenvalue weighted by Crippen LogP contribution is -2.54. The summed E-state index contributed by atoms with van der Waals surface area (Å²) in [6, 6.07) is 3.43. The molecule has 3 rings (SSSR count). The van der Waals surface area contributed by atoms with Crippen molar-refractivity contribution in [2.75, 3.05) is 31.7 Å². The van der Waals surface area contributed by atoms with Crippen LogP contribution in [0.4, 0.5) is 5.69 Å². The Morgan fingerprint density at radius 3 is 2.63 bits per heavy atom. The second-order valence-electron chi connectivity index (χ2n) is 6.89. The molecule has 10 heteroatoms. The Kier molecular flexibility index (Phi) is 6.91. The Balaban J connectivity index is 1.67. The number of anilines is 1. The molecule has 2 aliphatic rings. The van der Waals surface area contributed by atoms with Gasteiger partial charge in [-0.2, -0.15) is 0 Å². The summed E-state index contributed by atoms with van der Waals surface area (Å²) in [5.41, 5.74) is 0.277. The molecule has 0 bridgehead atoms. The van der Waals surface area contributed by atoms with E-state index in [1.54, 1.807) is 0 Å². The van der Waals surface area contributed by atoms with E-state index < -0.39 is 35.6 Å². The summed E-state index contributed by atoms with van der Waals surface area (Å²) in [4.78, 5) is 62.2. The smallest absolute Gasteiger partial charge is 0.264 e. The molecule has 1 aromatic rings. The van der Waals surface area contributed by atoms with Gasteiger partial charge in [0, 0.05) is 13.0 Å². The van der Waals surface area contributed by atoms with Gasteiger partial charge in [0.05, 0.1) is 30.0 Å². The summed E-state index contributed by atoms with van der Waals surface area (Å²) in [6.07, 6.45) is 0.987. The van der Waals surface area contributed by atoms with E-state index in [9.17, 15) is 24.0 Å². The normalized spacial score (nSPS) is 18.4. The number of carbonyl (C=O) groups excluding carboxylic acids is 5. The van der Waals surface area contributed by atoms with E-state index in [1.165, 1.54) is 18.2 Å². The van der Waals surface area contributed by atoms with Crippen LogP contribution < -0.4 is 10.6 Å². The van der Waals surface area contributed by atoms with Crippen LogP contribution in [-0.4, -0.2) is 66.9 Å². The first-order valence-corrected chi connectivity index (χ1v) is 9.74. The first-order valence-electron chi connectivity index (χ1n) is 9.74. The number of rotatable bonds is 9. The van der Waals surface area contributed by atoms with E-state index in [-0.39, 0.29) is 42.9 Å². The fourth-order valence-corrected chi connectivity index (χ4v) is 3.33. The third-order valence-corrected chi connectivity index (χ3v) is 4.70. The van der Waals surface area contributed by atoms with Crippen LogP contribution in [0.1, 0.15) is 46.9 Å². The zero-order valence-electron chi connectivity index (χ0n) is 16.6.